The van der Waals surface area contributed by atoms with Gasteiger partial charge in [0.15, 0.2) is 0 Å². The summed E-state index contributed by atoms with van der Waals surface area (Å²) in [5, 5.41) is 16.8. The molecule has 0 aliphatic carbocycles. The van der Waals surface area contributed by atoms with E-state index in [2.05, 4.69) is 0 Å². The van der Waals surface area contributed by atoms with Crippen LogP contribution in [0.1, 0.15) is 6.42 Å². The summed E-state index contributed by atoms with van der Waals surface area (Å²) in [5.74, 6) is 0. The molecule has 0 saturated carbocycles. The average Bonchev–Trinajstić information content (AvgIpc) is 1.61. The van der Waals surface area contributed by atoms with Crippen LogP contribution in [0.5, 0.6) is 0 Å². The van der Waals surface area contributed by atoms with E-state index in [1.54, 1.807) is 6.82 Å². The predicted octanol–water partition coefficient (Wildman–Crippen LogP) is -0.0176. The van der Waals surface area contributed by atoms with E-state index in [0.29, 0.717) is 12.7 Å². The predicted molar refractivity (Wildman–Crippen MR) is 30.3 cm³/mol. The zero-order chi connectivity index (χ0) is 5.70. The molecule has 0 bridgehead atoms. The Morgan fingerprint density at radius 1 is 1.57 bits per heavy atom. The van der Waals surface area contributed by atoms with Gasteiger partial charge in [0.05, 0.1) is 0 Å². The summed E-state index contributed by atoms with van der Waals surface area (Å²) in [6, 6.07) is 0. The molecule has 0 heterocycles. The lowest BCUT2D eigenvalue weighted by Crippen LogP contribution is -2.04. The number of rotatable bonds is 3. The average molecular weight is 102 g/mol. The van der Waals surface area contributed by atoms with Crippen LogP contribution in [-0.2, 0) is 0 Å². The van der Waals surface area contributed by atoms with Crippen LogP contribution < -0.4 is 0 Å². The van der Waals surface area contributed by atoms with E-state index in [1.165, 1.54) is 0 Å². The highest BCUT2D eigenvalue weighted by Gasteiger charge is 1.98. The number of aliphatic hydroxyl groups is 1. The van der Waals surface area contributed by atoms with Crippen molar-refractivity contribution in [2.45, 2.75) is 19.6 Å². The molecule has 0 aromatic heterocycles. The van der Waals surface area contributed by atoms with Crippen molar-refractivity contribution < 1.29 is 10.1 Å². The highest BCUT2D eigenvalue weighted by Crippen LogP contribution is 1.90. The van der Waals surface area contributed by atoms with Gasteiger partial charge in [-0.1, -0.05) is 6.82 Å². The van der Waals surface area contributed by atoms with Crippen LogP contribution in [0.2, 0.25) is 13.1 Å². The molecule has 42 valence electrons. The summed E-state index contributed by atoms with van der Waals surface area (Å²) in [7, 11) is 0. The van der Waals surface area contributed by atoms with E-state index in [1.807, 2.05) is 0 Å². The van der Waals surface area contributed by atoms with Gasteiger partial charge in [-0.15, -0.1) is 0 Å². The summed E-state index contributed by atoms with van der Waals surface area (Å²) in [4.78, 5) is 0. The molecule has 0 aliphatic rings. The third-order valence-electron chi connectivity index (χ3n) is 0.780. The topological polar surface area (TPSA) is 40.5 Å². The smallest absolute Gasteiger partial charge is 0.285 e. The lowest BCUT2D eigenvalue weighted by molar-refractivity contribution is 0.293. The van der Waals surface area contributed by atoms with Gasteiger partial charge in [0.1, 0.15) is 0 Å². The molecule has 2 N–H and O–H groups in total. The SMILES string of the molecule is CB(O)CCCO. The van der Waals surface area contributed by atoms with Gasteiger partial charge in [-0.3, -0.25) is 0 Å². The first-order valence-electron chi connectivity index (χ1n) is 2.56. The highest BCUT2D eigenvalue weighted by molar-refractivity contribution is 6.48. The van der Waals surface area contributed by atoms with Crippen LogP contribution in [0, 0.1) is 0 Å². The lowest BCUT2D eigenvalue weighted by atomic mass is 9.67. The monoisotopic (exact) mass is 102 g/mol. The zero-order valence-electron chi connectivity index (χ0n) is 4.59. The van der Waals surface area contributed by atoms with Gasteiger partial charge in [0.2, 0.25) is 0 Å². The molecule has 7 heavy (non-hydrogen) atoms. The molecule has 0 aromatic rings. The van der Waals surface area contributed by atoms with Crippen LogP contribution in [0.3, 0.4) is 0 Å². The normalized spacial score (nSPS) is 9.00. The van der Waals surface area contributed by atoms with Crippen LogP contribution in [-0.4, -0.2) is 23.7 Å². The van der Waals surface area contributed by atoms with Crippen molar-refractivity contribution in [2.75, 3.05) is 6.61 Å². The Kier molecular flexibility index (Phi) is 4.14. The van der Waals surface area contributed by atoms with Crippen LogP contribution >= 0.6 is 0 Å². The minimum absolute atomic E-state index is 0.185. The Balaban J connectivity index is 2.68. The minimum Gasteiger partial charge on any atom is -0.451 e. The maximum absolute atomic E-state index is 8.57. The van der Waals surface area contributed by atoms with Gasteiger partial charge in [-0.25, -0.2) is 0 Å². The molecule has 0 spiro atoms. The molecule has 0 radical (unpaired) electrons. The van der Waals surface area contributed by atoms with Gasteiger partial charge in [0, 0.05) is 6.61 Å². The van der Waals surface area contributed by atoms with Gasteiger partial charge in [-0.05, 0) is 12.7 Å². The summed E-state index contributed by atoms with van der Waals surface area (Å²) >= 11 is 0. The largest absolute Gasteiger partial charge is 0.451 e. The molecule has 0 aromatic carbocycles. The summed E-state index contributed by atoms with van der Waals surface area (Å²) in [5.41, 5.74) is 0. The van der Waals surface area contributed by atoms with Crippen molar-refractivity contribution in [1.82, 2.24) is 0 Å². The summed E-state index contributed by atoms with van der Waals surface area (Å²) in [6.45, 7) is 1.65. The maximum atomic E-state index is 8.57. The molecule has 0 aliphatic heterocycles. The molecule has 0 rings (SSSR count). The fourth-order valence-electron chi connectivity index (χ4n) is 0.387. The van der Waals surface area contributed by atoms with Gasteiger partial charge < -0.3 is 10.1 Å². The summed E-state index contributed by atoms with van der Waals surface area (Å²) in [6.07, 6.45) is 1.41. The highest BCUT2D eigenvalue weighted by atomic mass is 16.3. The third kappa shape index (κ3) is 5.98. The van der Waals surface area contributed by atoms with Crippen molar-refractivity contribution >= 4 is 6.92 Å². The molecular weight excluding hydrogens is 90.9 g/mol. The quantitative estimate of drug-likeness (QED) is 0.491. The van der Waals surface area contributed by atoms with E-state index in [4.69, 9.17) is 10.1 Å². The van der Waals surface area contributed by atoms with E-state index in [0.717, 1.165) is 0 Å². The van der Waals surface area contributed by atoms with Crippen LogP contribution in [0.4, 0.5) is 0 Å². The minimum atomic E-state index is -0.257. The van der Waals surface area contributed by atoms with Crippen LogP contribution in [0.15, 0.2) is 0 Å². The first-order valence-corrected chi connectivity index (χ1v) is 2.56. The Hall–Kier alpha value is -0.0151. The molecule has 0 amide bonds. The second-order valence-corrected chi connectivity index (χ2v) is 1.71. The van der Waals surface area contributed by atoms with Crippen molar-refractivity contribution in [3.63, 3.8) is 0 Å². The second-order valence-electron chi connectivity index (χ2n) is 1.71. The van der Waals surface area contributed by atoms with Crippen molar-refractivity contribution in [3.8, 4) is 0 Å². The van der Waals surface area contributed by atoms with Gasteiger partial charge in [-0.2, -0.15) is 0 Å². The molecule has 2 nitrogen and oxygen atoms in total. The number of hydrogen-bond donors (Lipinski definition) is 2. The Morgan fingerprint density at radius 3 is 2.29 bits per heavy atom. The van der Waals surface area contributed by atoms with Crippen molar-refractivity contribution in [2.24, 2.45) is 0 Å². The fourth-order valence-corrected chi connectivity index (χ4v) is 0.387. The molecule has 0 saturated heterocycles. The fraction of sp³-hybridized carbons (Fsp3) is 1.00. The zero-order valence-corrected chi connectivity index (χ0v) is 4.59. The maximum Gasteiger partial charge on any atom is 0.285 e. The van der Waals surface area contributed by atoms with E-state index in [9.17, 15) is 0 Å². The van der Waals surface area contributed by atoms with Crippen molar-refractivity contribution in [3.05, 3.63) is 0 Å². The molecule has 0 unspecified atom stereocenters. The molecular formula is C4H11BO2. The number of aliphatic hydroxyl groups excluding tert-OH is 1. The third-order valence-corrected chi connectivity index (χ3v) is 0.780. The summed E-state index contributed by atoms with van der Waals surface area (Å²) < 4.78 is 0. The molecule has 0 fully saturated rings. The Labute approximate surface area is 44.3 Å². The number of hydrogen-bond acceptors (Lipinski definition) is 2. The van der Waals surface area contributed by atoms with E-state index >= 15 is 0 Å². The second kappa shape index (κ2) is 4.15. The van der Waals surface area contributed by atoms with Gasteiger partial charge >= 0.3 is 0 Å². The first-order chi connectivity index (χ1) is 3.27. The standard InChI is InChI=1S/C4H11BO2/c1-5(7)3-2-4-6/h6-7H,2-4H2,1H3. The molecule has 0 atom stereocenters. The van der Waals surface area contributed by atoms with Gasteiger partial charge in [0.25, 0.3) is 6.92 Å². The van der Waals surface area contributed by atoms with E-state index in [-0.39, 0.29) is 13.5 Å². The van der Waals surface area contributed by atoms with Crippen LogP contribution in [0.25, 0.3) is 0 Å². The van der Waals surface area contributed by atoms with E-state index < -0.39 is 0 Å². The Bertz CT molecular complexity index is 38.7. The van der Waals surface area contributed by atoms with Crippen molar-refractivity contribution in [1.29, 1.82) is 0 Å². The Morgan fingerprint density at radius 2 is 2.14 bits per heavy atom. The molecule has 3 heteroatoms. The lowest BCUT2D eigenvalue weighted by Gasteiger charge is -1.93. The first kappa shape index (κ1) is 6.98.